The van der Waals surface area contributed by atoms with Gasteiger partial charge < -0.3 is 9.80 Å². The molecule has 0 unspecified atom stereocenters. The van der Waals surface area contributed by atoms with Crippen molar-refractivity contribution in [3.8, 4) is 23.0 Å². The molecule has 1 N–H and O–H groups in total. The SMILES string of the molecule is Cc1cc(-n2[nH]cc(-c3ccc(C#N)cc3)c2=O)ncc1C(=O)N1CCN(C)CC1. The van der Waals surface area contributed by atoms with Crippen LogP contribution in [0.4, 0.5) is 0 Å². The second-order valence-electron chi connectivity index (χ2n) is 7.47. The Labute approximate surface area is 174 Å². The van der Waals surface area contributed by atoms with Gasteiger partial charge >= 0.3 is 0 Å². The first-order valence-corrected chi connectivity index (χ1v) is 9.73. The Morgan fingerprint density at radius 1 is 1.17 bits per heavy atom. The van der Waals surface area contributed by atoms with E-state index in [0.717, 1.165) is 18.7 Å². The van der Waals surface area contributed by atoms with E-state index in [0.29, 0.717) is 41.2 Å². The van der Waals surface area contributed by atoms with Crippen LogP contribution in [0.15, 0.2) is 47.5 Å². The van der Waals surface area contributed by atoms with Gasteiger partial charge in [-0.05, 0) is 43.3 Å². The van der Waals surface area contributed by atoms with Gasteiger partial charge in [0.05, 0.1) is 22.8 Å². The number of rotatable bonds is 3. The third kappa shape index (κ3) is 3.63. The summed E-state index contributed by atoms with van der Waals surface area (Å²) >= 11 is 0. The smallest absolute Gasteiger partial charge is 0.280 e. The molecule has 1 fully saturated rings. The van der Waals surface area contributed by atoms with Gasteiger partial charge in [-0.2, -0.15) is 5.26 Å². The Morgan fingerprint density at radius 2 is 1.87 bits per heavy atom. The molecule has 1 aromatic carbocycles. The molecule has 152 valence electrons. The fourth-order valence-corrected chi connectivity index (χ4v) is 3.54. The number of nitrogens with zero attached hydrogens (tertiary/aromatic N) is 5. The topological polar surface area (TPSA) is 98.0 Å². The van der Waals surface area contributed by atoms with Gasteiger partial charge in [-0.25, -0.2) is 9.67 Å². The maximum Gasteiger partial charge on any atom is 0.280 e. The molecule has 0 spiro atoms. The average Bonchev–Trinajstić information content (AvgIpc) is 3.15. The number of carbonyl (C=O) groups excluding carboxylic acids is 1. The number of aromatic amines is 1. The van der Waals surface area contributed by atoms with Crippen molar-refractivity contribution in [2.45, 2.75) is 6.92 Å². The van der Waals surface area contributed by atoms with Gasteiger partial charge in [0.25, 0.3) is 11.5 Å². The molecule has 0 atom stereocenters. The van der Waals surface area contributed by atoms with Crippen LogP contribution >= 0.6 is 0 Å². The highest BCUT2D eigenvalue weighted by Gasteiger charge is 2.22. The van der Waals surface area contributed by atoms with Crippen LogP contribution in [0, 0.1) is 18.3 Å². The Balaban J connectivity index is 1.60. The van der Waals surface area contributed by atoms with Gasteiger partial charge in [0.1, 0.15) is 0 Å². The van der Waals surface area contributed by atoms with Crippen LogP contribution in [0.5, 0.6) is 0 Å². The van der Waals surface area contributed by atoms with Crippen LogP contribution in [0.25, 0.3) is 16.9 Å². The lowest BCUT2D eigenvalue weighted by Gasteiger charge is -2.32. The van der Waals surface area contributed by atoms with E-state index in [-0.39, 0.29) is 11.5 Å². The first kappa shape index (κ1) is 19.6. The van der Waals surface area contributed by atoms with Crippen molar-refractivity contribution in [3.63, 3.8) is 0 Å². The van der Waals surface area contributed by atoms with Gasteiger partial charge in [0.2, 0.25) is 0 Å². The summed E-state index contributed by atoms with van der Waals surface area (Å²) < 4.78 is 1.35. The second kappa shape index (κ2) is 7.97. The third-order valence-corrected chi connectivity index (χ3v) is 5.44. The zero-order valence-electron chi connectivity index (χ0n) is 16.9. The molecule has 4 rings (SSSR count). The standard InChI is InChI=1S/C22H22N6O2/c1-15-11-20(24-13-18(15)21(29)27-9-7-26(2)8-10-27)28-22(30)19(14-25-28)17-5-3-16(12-23)4-6-17/h3-6,11,13-14,25H,7-10H2,1-2H3. The first-order valence-electron chi connectivity index (χ1n) is 9.73. The molecule has 3 heterocycles. The number of likely N-dealkylation sites (N-methyl/N-ethyl adjacent to an activating group) is 1. The van der Waals surface area contributed by atoms with Gasteiger partial charge in [-0.3, -0.25) is 14.7 Å². The third-order valence-electron chi connectivity index (χ3n) is 5.44. The Kier molecular flexibility index (Phi) is 5.21. The lowest BCUT2D eigenvalue weighted by molar-refractivity contribution is 0.0663. The van der Waals surface area contributed by atoms with Crippen molar-refractivity contribution in [1.82, 2.24) is 24.6 Å². The predicted octanol–water partition coefficient (Wildman–Crippen LogP) is 1.80. The van der Waals surface area contributed by atoms with Crippen molar-refractivity contribution in [3.05, 3.63) is 69.8 Å². The number of hydrogen-bond donors (Lipinski definition) is 1. The Bertz CT molecular complexity index is 1180. The molecule has 3 aromatic rings. The van der Waals surface area contributed by atoms with Crippen LogP contribution in [-0.4, -0.2) is 63.7 Å². The molecule has 0 aliphatic carbocycles. The quantitative estimate of drug-likeness (QED) is 0.720. The first-order chi connectivity index (χ1) is 14.5. The number of amides is 1. The number of benzene rings is 1. The van der Waals surface area contributed by atoms with E-state index in [2.05, 4.69) is 21.1 Å². The zero-order chi connectivity index (χ0) is 21.3. The predicted molar refractivity (Wildman–Crippen MR) is 112 cm³/mol. The largest absolute Gasteiger partial charge is 0.336 e. The van der Waals surface area contributed by atoms with E-state index in [1.165, 1.54) is 4.68 Å². The number of hydrogen-bond acceptors (Lipinski definition) is 5. The molecule has 1 amide bonds. The van der Waals surface area contributed by atoms with Gasteiger partial charge in [0, 0.05) is 38.6 Å². The number of H-pyrrole nitrogens is 1. The fourth-order valence-electron chi connectivity index (χ4n) is 3.54. The number of nitrogens with one attached hydrogen (secondary N) is 1. The van der Waals surface area contributed by atoms with Gasteiger partial charge in [0.15, 0.2) is 5.82 Å². The molecule has 1 aliphatic rings. The van der Waals surface area contributed by atoms with Crippen LogP contribution in [0.3, 0.4) is 0 Å². The number of carbonyl (C=O) groups is 1. The van der Waals surface area contributed by atoms with Crippen LogP contribution < -0.4 is 5.56 Å². The number of aromatic nitrogens is 3. The average molecular weight is 402 g/mol. The lowest BCUT2D eigenvalue weighted by atomic mass is 10.1. The van der Waals surface area contributed by atoms with E-state index in [9.17, 15) is 9.59 Å². The van der Waals surface area contributed by atoms with Crippen molar-refractivity contribution < 1.29 is 4.79 Å². The summed E-state index contributed by atoms with van der Waals surface area (Å²) in [5, 5.41) is 11.9. The fraction of sp³-hybridized carbons (Fsp3) is 0.273. The summed E-state index contributed by atoms with van der Waals surface area (Å²) in [4.78, 5) is 34.1. The van der Waals surface area contributed by atoms with E-state index < -0.39 is 0 Å². The molecule has 0 radical (unpaired) electrons. The van der Waals surface area contributed by atoms with E-state index in [4.69, 9.17) is 5.26 Å². The molecule has 2 aromatic heterocycles. The van der Waals surface area contributed by atoms with Crippen molar-refractivity contribution in [1.29, 1.82) is 5.26 Å². The molecule has 1 aliphatic heterocycles. The minimum absolute atomic E-state index is 0.0308. The molecule has 8 nitrogen and oxygen atoms in total. The molecule has 30 heavy (non-hydrogen) atoms. The van der Waals surface area contributed by atoms with Gasteiger partial charge in [-0.1, -0.05) is 12.1 Å². The summed E-state index contributed by atoms with van der Waals surface area (Å²) in [5.41, 5.74) is 2.81. The minimum Gasteiger partial charge on any atom is -0.336 e. The summed E-state index contributed by atoms with van der Waals surface area (Å²) in [6.45, 7) is 4.95. The molecule has 0 bridgehead atoms. The summed E-state index contributed by atoms with van der Waals surface area (Å²) in [5.74, 6) is 0.393. The zero-order valence-corrected chi connectivity index (χ0v) is 16.9. The van der Waals surface area contributed by atoms with E-state index in [1.54, 1.807) is 42.7 Å². The molecule has 0 saturated carbocycles. The second-order valence-corrected chi connectivity index (χ2v) is 7.47. The van der Waals surface area contributed by atoms with E-state index >= 15 is 0 Å². The highest BCUT2D eigenvalue weighted by molar-refractivity contribution is 5.95. The maximum absolute atomic E-state index is 12.9. The molecular formula is C22H22N6O2. The van der Waals surface area contributed by atoms with Crippen molar-refractivity contribution in [2.24, 2.45) is 0 Å². The van der Waals surface area contributed by atoms with E-state index in [1.807, 2.05) is 18.9 Å². The molecule has 8 heteroatoms. The summed E-state index contributed by atoms with van der Waals surface area (Å²) in [7, 11) is 2.05. The van der Waals surface area contributed by atoms with Crippen molar-refractivity contribution >= 4 is 5.91 Å². The summed E-state index contributed by atoms with van der Waals surface area (Å²) in [6.07, 6.45) is 3.16. The highest BCUT2D eigenvalue weighted by atomic mass is 16.2. The van der Waals surface area contributed by atoms with Crippen LogP contribution in [0.2, 0.25) is 0 Å². The molecular weight excluding hydrogens is 380 g/mol. The minimum atomic E-state index is -0.246. The Morgan fingerprint density at radius 3 is 2.50 bits per heavy atom. The van der Waals surface area contributed by atoms with Crippen molar-refractivity contribution in [2.75, 3.05) is 33.2 Å². The number of aryl methyl sites for hydroxylation is 1. The highest BCUT2D eigenvalue weighted by Crippen LogP contribution is 2.18. The molecule has 1 saturated heterocycles. The number of nitriles is 1. The number of piperazine rings is 1. The summed E-state index contributed by atoms with van der Waals surface area (Å²) in [6, 6.07) is 10.6. The monoisotopic (exact) mass is 402 g/mol. The maximum atomic E-state index is 12.9. The normalized spacial score (nSPS) is 14.5. The number of pyridine rings is 1. The van der Waals surface area contributed by atoms with Crippen LogP contribution in [-0.2, 0) is 0 Å². The Hall–Kier alpha value is -3.70. The lowest BCUT2D eigenvalue weighted by Crippen LogP contribution is -2.47. The van der Waals surface area contributed by atoms with Crippen LogP contribution in [0.1, 0.15) is 21.5 Å². The van der Waals surface area contributed by atoms with Gasteiger partial charge in [-0.15, -0.1) is 0 Å².